The molecule has 0 aromatic carbocycles. The van der Waals surface area contributed by atoms with E-state index in [1.54, 1.807) is 0 Å². The molecule has 0 aromatic heterocycles. The first-order chi connectivity index (χ1) is 6.74. The van der Waals surface area contributed by atoms with Crippen molar-refractivity contribution in [1.29, 1.82) is 0 Å². The molecule has 2 aliphatic carbocycles. The number of carbonyl (C=O) groups excluding carboxylic acids is 1. The predicted octanol–water partition coefficient (Wildman–Crippen LogP) is 0.982. The third-order valence-corrected chi connectivity index (χ3v) is 3.30. The van der Waals surface area contributed by atoms with Crippen LogP contribution in [0, 0.1) is 11.8 Å². The van der Waals surface area contributed by atoms with Crippen LogP contribution in [-0.2, 0) is 4.79 Å². The van der Waals surface area contributed by atoms with Gasteiger partial charge in [-0.25, -0.2) is 0 Å². The Labute approximate surface area is 85.6 Å². The molecule has 0 aliphatic heterocycles. The number of amides is 1. The van der Waals surface area contributed by atoms with E-state index in [1.165, 1.54) is 12.8 Å². The van der Waals surface area contributed by atoms with E-state index in [1.807, 2.05) is 0 Å². The van der Waals surface area contributed by atoms with E-state index < -0.39 is 0 Å². The molecule has 80 valence electrons. The first kappa shape index (κ1) is 9.97. The van der Waals surface area contributed by atoms with Crippen molar-refractivity contribution in [2.45, 2.75) is 38.6 Å². The van der Waals surface area contributed by atoms with Crippen LogP contribution in [0.25, 0.3) is 0 Å². The lowest BCUT2D eigenvalue weighted by Gasteiger charge is -2.22. The van der Waals surface area contributed by atoms with Crippen LogP contribution >= 0.6 is 0 Å². The van der Waals surface area contributed by atoms with Crippen molar-refractivity contribution in [2.75, 3.05) is 13.1 Å². The fourth-order valence-corrected chi connectivity index (χ4v) is 2.00. The fraction of sp³-hybridized carbons (Fsp3) is 0.909. The highest BCUT2D eigenvalue weighted by atomic mass is 16.2. The molecular weight excluding hydrogens is 176 g/mol. The van der Waals surface area contributed by atoms with Crippen molar-refractivity contribution >= 4 is 5.91 Å². The second kappa shape index (κ2) is 3.89. The van der Waals surface area contributed by atoms with Gasteiger partial charge < -0.3 is 10.6 Å². The molecule has 0 saturated heterocycles. The van der Waals surface area contributed by atoms with Gasteiger partial charge in [0.25, 0.3) is 0 Å². The molecule has 0 spiro atoms. The van der Waals surface area contributed by atoms with Crippen molar-refractivity contribution < 1.29 is 4.79 Å². The molecule has 1 amide bonds. The van der Waals surface area contributed by atoms with Crippen LogP contribution in [0.15, 0.2) is 0 Å². The lowest BCUT2D eigenvalue weighted by Crippen LogP contribution is -2.36. The zero-order valence-electron chi connectivity index (χ0n) is 8.91. The van der Waals surface area contributed by atoms with Crippen molar-refractivity contribution in [2.24, 2.45) is 17.6 Å². The Morgan fingerprint density at radius 1 is 1.50 bits per heavy atom. The van der Waals surface area contributed by atoms with Crippen molar-refractivity contribution in [3.63, 3.8) is 0 Å². The van der Waals surface area contributed by atoms with Gasteiger partial charge in [-0.05, 0) is 38.1 Å². The molecule has 2 N–H and O–H groups in total. The molecule has 14 heavy (non-hydrogen) atoms. The average molecular weight is 196 g/mol. The monoisotopic (exact) mass is 196 g/mol. The molecule has 2 fully saturated rings. The van der Waals surface area contributed by atoms with E-state index in [9.17, 15) is 4.79 Å². The maximum Gasteiger partial charge on any atom is 0.226 e. The zero-order chi connectivity index (χ0) is 10.1. The van der Waals surface area contributed by atoms with Crippen molar-refractivity contribution in [3.8, 4) is 0 Å². The summed E-state index contributed by atoms with van der Waals surface area (Å²) in [5.41, 5.74) is 5.48. The van der Waals surface area contributed by atoms with E-state index >= 15 is 0 Å². The van der Waals surface area contributed by atoms with E-state index in [0.29, 0.717) is 30.3 Å². The Bertz CT molecular complexity index is 225. The largest absolute Gasteiger partial charge is 0.339 e. The van der Waals surface area contributed by atoms with Gasteiger partial charge in [0, 0.05) is 18.5 Å². The third kappa shape index (κ3) is 2.08. The van der Waals surface area contributed by atoms with Crippen molar-refractivity contribution in [3.05, 3.63) is 0 Å². The molecule has 2 aliphatic rings. The Hall–Kier alpha value is -0.570. The minimum atomic E-state index is 0.341. The van der Waals surface area contributed by atoms with Crippen molar-refractivity contribution in [1.82, 2.24) is 4.90 Å². The highest BCUT2D eigenvalue weighted by Crippen LogP contribution is 2.41. The van der Waals surface area contributed by atoms with Gasteiger partial charge in [0.15, 0.2) is 0 Å². The SMILES string of the molecule is CC1CC1C(=O)N(CCCN)C1CC1. The number of hydrogen-bond acceptors (Lipinski definition) is 2. The van der Waals surface area contributed by atoms with Gasteiger partial charge in [0.2, 0.25) is 5.91 Å². The molecule has 2 unspecified atom stereocenters. The summed E-state index contributed by atoms with van der Waals surface area (Å²) in [7, 11) is 0. The van der Waals surface area contributed by atoms with Gasteiger partial charge in [-0.1, -0.05) is 6.92 Å². The molecule has 0 aromatic rings. The molecule has 0 heterocycles. The predicted molar refractivity (Wildman–Crippen MR) is 55.7 cm³/mol. The zero-order valence-corrected chi connectivity index (χ0v) is 8.91. The molecule has 2 rings (SSSR count). The number of hydrogen-bond donors (Lipinski definition) is 1. The van der Waals surface area contributed by atoms with Crippen LogP contribution in [0.3, 0.4) is 0 Å². The van der Waals surface area contributed by atoms with Crippen LogP contribution in [0.4, 0.5) is 0 Å². The van der Waals surface area contributed by atoms with Crippen LogP contribution in [0.1, 0.15) is 32.6 Å². The molecule has 0 radical (unpaired) electrons. The molecule has 3 heteroatoms. The second-order valence-electron chi connectivity index (χ2n) is 4.72. The number of rotatable bonds is 5. The Kier molecular flexibility index (Phi) is 2.77. The van der Waals surface area contributed by atoms with E-state index in [0.717, 1.165) is 19.4 Å². The fourth-order valence-electron chi connectivity index (χ4n) is 2.00. The van der Waals surface area contributed by atoms with Gasteiger partial charge >= 0.3 is 0 Å². The second-order valence-corrected chi connectivity index (χ2v) is 4.72. The lowest BCUT2D eigenvalue weighted by atomic mass is 10.2. The topological polar surface area (TPSA) is 46.3 Å². The van der Waals surface area contributed by atoms with E-state index in [4.69, 9.17) is 5.73 Å². The quantitative estimate of drug-likeness (QED) is 0.712. The normalized spacial score (nSPS) is 30.1. The van der Waals surface area contributed by atoms with Crippen LogP contribution in [0.5, 0.6) is 0 Å². The standard InChI is InChI=1S/C11H20N2O/c1-8-7-10(8)11(14)13(6-2-5-12)9-3-4-9/h8-10H,2-7,12H2,1H3. The van der Waals surface area contributed by atoms with Gasteiger partial charge in [-0.15, -0.1) is 0 Å². The highest BCUT2D eigenvalue weighted by molar-refractivity contribution is 5.82. The summed E-state index contributed by atoms with van der Waals surface area (Å²) < 4.78 is 0. The maximum absolute atomic E-state index is 12.0. The number of carbonyl (C=O) groups is 1. The summed E-state index contributed by atoms with van der Waals surface area (Å²) in [6.07, 6.45) is 4.46. The summed E-state index contributed by atoms with van der Waals surface area (Å²) in [6, 6.07) is 0.557. The minimum absolute atomic E-state index is 0.341. The summed E-state index contributed by atoms with van der Waals surface area (Å²) in [5, 5.41) is 0. The summed E-state index contributed by atoms with van der Waals surface area (Å²) in [6.45, 7) is 3.73. The average Bonchev–Trinajstić information content (AvgIpc) is 3.01. The Balaban J connectivity index is 1.85. The smallest absolute Gasteiger partial charge is 0.226 e. The minimum Gasteiger partial charge on any atom is -0.339 e. The van der Waals surface area contributed by atoms with E-state index in [-0.39, 0.29) is 0 Å². The molecular formula is C11H20N2O. The van der Waals surface area contributed by atoms with Gasteiger partial charge in [0.1, 0.15) is 0 Å². The summed E-state index contributed by atoms with van der Waals surface area (Å²) in [5.74, 6) is 1.36. The summed E-state index contributed by atoms with van der Waals surface area (Å²) >= 11 is 0. The Morgan fingerprint density at radius 3 is 2.57 bits per heavy atom. The summed E-state index contributed by atoms with van der Waals surface area (Å²) in [4.78, 5) is 14.1. The molecule has 3 nitrogen and oxygen atoms in total. The molecule has 2 saturated carbocycles. The highest BCUT2D eigenvalue weighted by Gasteiger charge is 2.44. The molecule has 2 atom stereocenters. The third-order valence-electron chi connectivity index (χ3n) is 3.30. The Morgan fingerprint density at radius 2 is 2.14 bits per heavy atom. The van der Waals surface area contributed by atoms with Gasteiger partial charge in [-0.2, -0.15) is 0 Å². The van der Waals surface area contributed by atoms with Crippen LogP contribution in [-0.4, -0.2) is 29.9 Å². The lowest BCUT2D eigenvalue weighted by molar-refractivity contribution is -0.133. The van der Waals surface area contributed by atoms with Crippen LogP contribution in [0.2, 0.25) is 0 Å². The van der Waals surface area contributed by atoms with Crippen LogP contribution < -0.4 is 5.73 Å². The van der Waals surface area contributed by atoms with Gasteiger partial charge in [0.05, 0.1) is 0 Å². The molecule has 0 bridgehead atoms. The number of nitrogens with two attached hydrogens (primary N) is 1. The number of nitrogens with zero attached hydrogens (tertiary/aromatic N) is 1. The first-order valence-electron chi connectivity index (χ1n) is 5.74. The van der Waals surface area contributed by atoms with E-state index in [2.05, 4.69) is 11.8 Å². The maximum atomic E-state index is 12.0. The van der Waals surface area contributed by atoms with Gasteiger partial charge in [-0.3, -0.25) is 4.79 Å². The first-order valence-corrected chi connectivity index (χ1v) is 5.74.